The summed E-state index contributed by atoms with van der Waals surface area (Å²) in [7, 11) is 1.54. The minimum atomic E-state index is -0.0486. The number of phenolic OH excluding ortho intramolecular Hbond substituents is 1. The molecule has 4 nitrogen and oxygen atoms in total. The highest BCUT2D eigenvalue weighted by Crippen LogP contribution is 2.26. The van der Waals surface area contributed by atoms with Gasteiger partial charge in [0.15, 0.2) is 11.5 Å². The molecule has 1 N–H and O–H groups in total. The quantitative estimate of drug-likeness (QED) is 0.822. The molecule has 1 fully saturated rings. The Morgan fingerprint density at radius 1 is 1.50 bits per heavy atom. The number of aromatic hydroxyl groups is 1. The lowest BCUT2D eigenvalue weighted by molar-refractivity contribution is -0.140. The lowest BCUT2D eigenvalue weighted by Crippen LogP contribution is -1.98. The highest BCUT2D eigenvalue weighted by Gasteiger charge is 2.17. The molecular weight excluding hydrogens is 232 g/mol. The van der Waals surface area contributed by atoms with Crippen LogP contribution in [0, 0.1) is 0 Å². The first-order chi connectivity index (χ1) is 8.56. The largest absolute Gasteiger partial charge is 0.504 e. The average molecular weight is 252 g/mol. The zero-order chi connectivity index (χ0) is 13.5. The van der Waals surface area contributed by atoms with Crippen molar-refractivity contribution in [2.24, 2.45) is 0 Å². The van der Waals surface area contributed by atoms with E-state index in [-0.39, 0.29) is 17.8 Å². The number of aryl methyl sites for hydroxylation is 1. The van der Waals surface area contributed by atoms with Crippen molar-refractivity contribution in [2.75, 3.05) is 7.11 Å². The topological polar surface area (TPSA) is 55.8 Å². The summed E-state index contributed by atoms with van der Waals surface area (Å²) in [5, 5.41) is 9.30. The predicted molar refractivity (Wildman–Crippen MR) is 68.8 cm³/mol. The Bertz CT molecular complexity index is 401. The summed E-state index contributed by atoms with van der Waals surface area (Å²) in [6, 6.07) is 5.44. The second kappa shape index (κ2) is 6.89. The number of esters is 1. The van der Waals surface area contributed by atoms with Gasteiger partial charge in [-0.05, 0) is 37.5 Å². The summed E-state index contributed by atoms with van der Waals surface area (Å²) in [4.78, 5) is 10.2. The van der Waals surface area contributed by atoms with Gasteiger partial charge in [-0.2, -0.15) is 0 Å². The molecule has 4 heteroatoms. The smallest absolute Gasteiger partial charge is 0.306 e. The number of phenols is 1. The molecule has 1 unspecified atom stereocenters. The summed E-state index contributed by atoms with van der Waals surface area (Å²) in [5.74, 6) is 0.696. The molecule has 2 rings (SSSR count). The highest BCUT2D eigenvalue weighted by molar-refractivity contribution is 5.71. The third-order valence-electron chi connectivity index (χ3n) is 2.74. The fourth-order valence-electron chi connectivity index (χ4n) is 1.62. The van der Waals surface area contributed by atoms with Crippen molar-refractivity contribution in [3.63, 3.8) is 0 Å². The minimum absolute atomic E-state index is 0.0486. The van der Waals surface area contributed by atoms with Gasteiger partial charge in [-0.1, -0.05) is 13.0 Å². The summed E-state index contributed by atoms with van der Waals surface area (Å²) in [6.07, 6.45) is 2.62. The number of methoxy groups -OCH3 is 1. The molecule has 18 heavy (non-hydrogen) atoms. The second-order valence-electron chi connectivity index (χ2n) is 4.20. The molecule has 0 amide bonds. The normalized spacial score (nSPS) is 17.7. The van der Waals surface area contributed by atoms with Gasteiger partial charge in [0.2, 0.25) is 0 Å². The van der Waals surface area contributed by atoms with Crippen molar-refractivity contribution in [1.29, 1.82) is 0 Å². The van der Waals surface area contributed by atoms with Gasteiger partial charge >= 0.3 is 5.97 Å². The summed E-state index contributed by atoms with van der Waals surface area (Å²) in [6.45, 7) is 3.95. The lowest BCUT2D eigenvalue weighted by atomic mass is 10.1. The van der Waals surface area contributed by atoms with Crippen molar-refractivity contribution in [1.82, 2.24) is 0 Å². The molecule has 1 aliphatic heterocycles. The molecule has 1 atom stereocenters. The Balaban J connectivity index is 0.000000199. The number of rotatable bonds is 2. The van der Waals surface area contributed by atoms with Gasteiger partial charge < -0.3 is 14.6 Å². The van der Waals surface area contributed by atoms with Gasteiger partial charge in [0.05, 0.1) is 13.2 Å². The summed E-state index contributed by atoms with van der Waals surface area (Å²) < 4.78 is 9.62. The highest BCUT2D eigenvalue weighted by atomic mass is 16.5. The van der Waals surface area contributed by atoms with E-state index >= 15 is 0 Å². The third-order valence-corrected chi connectivity index (χ3v) is 2.74. The van der Waals surface area contributed by atoms with Crippen LogP contribution in [-0.4, -0.2) is 24.3 Å². The third kappa shape index (κ3) is 4.28. The molecule has 1 aromatic rings. The molecule has 0 aliphatic carbocycles. The fraction of sp³-hybridized carbons (Fsp3) is 0.500. The maximum absolute atomic E-state index is 10.2. The molecule has 0 bridgehead atoms. The van der Waals surface area contributed by atoms with Crippen LogP contribution in [0.3, 0.4) is 0 Å². The first-order valence-corrected chi connectivity index (χ1v) is 6.12. The van der Waals surface area contributed by atoms with E-state index in [2.05, 4.69) is 0 Å². The first kappa shape index (κ1) is 14.4. The van der Waals surface area contributed by atoms with Gasteiger partial charge in [-0.3, -0.25) is 4.79 Å². The van der Waals surface area contributed by atoms with Crippen LogP contribution in [0.15, 0.2) is 18.2 Å². The van der Waals surface area contributed by atoms with E-state index in [0.29, 0.717) is 12.2 Å². The Morgan fingerprint density at radius 3 is 2.56 bits per heavy atom. The zero-order valence-electron chi connectivity index (χ0n) is 11.1. The number of hydrogen-bond acceptors (Lipinski definition) is 4. The summed E-state index contributed by atoms with van der Waals surface area (Å²) in [5.41, 5.74) is 1.11. The van der Waals surface area contributed by atoms with E-state index in [1.54, 1.807) is 19.2 Å². The minimum Gasteiger partial charge on any atom is -0.504 e. The second-order valence-corrected chi connectivity index (χ2v) is 4.20. The number of cyclic esters (lactones) is 1. The molecular formula is C14H20O4. The van der Waals surface area contributed by atoms with E-state index < -0.39 is 0 Å². The standard InChI is InChI=1S/C9H12O2.C5H8O2/c1-3-7-4-5-9(11-2)8(10)6-7;1-4-2-3-5(6)7-4/h4-6,10H,3H2,1-2H3;4H,2-3H2,1H3. The fourth-order valence-corrected chi connectivity index (χ4v) is 1.62. The number of carbonyl (C=O) groups is 1. The molecule has 1 saturated heterocycles. The van der Waals surface area contributed by atoms with Crippen LogP contribution in [0.4, 0.5) is 0 Å². The van der Waals surface area contributed by atoms with E-state index in [4.69, 9.17) is 9.47 Å². The average Bonchev–Trinajstić information content (AvgIpc) is 2.73. The SMILES string of the molecule is CC1CCC(=O)O1.CCc1ccc(OC)c(O)c1. The maximum atomic E-state index is 10.2. The Hall–Kier alpha value is -1.71. The van der Waals surface area contributed by atoms with Gasteiger partial charge in [0.1, 0.15) is 0 Å². The van der Waals surface area contributed by atoms with Gasteiger partial charge in [-0.25, -0.2) is 0 Å². The Labute approximate surface area is 108 Å². The number of benzene rings is 1. The first-order valence-electron chi connectivity index (χ1n) is 6.12. The molecule has 0 saturated carbocycles. The van der Waals surface area contributed by atoms with Crippen LogP contribution in [-0.2, 0) is 16.0 Å². The number of hydrogen-bond donors (Lipinski definition) is 1. The number of carbonyl (C=O) groups excluding carboxylic acids is 1. The van der Waals surface area contributed by atoms with E-state index in [9.17, 15) is 9.90 Å². The van der Waals surface area contributed by atoms with Crippen LogP contribution >= 0.6 is 0 Å². The van der Waals surface area contributed by atoms with Crippen LogP contribution in [0.25, 0.3) is 0 Å². The Kier molecular flexibility index (Phi) is 5.49. The summed E-state index contributed by atoms with van der Waals surface area (Å²) >= 11 is 0. The van der Waals surface area contributed by atoms with Crippen molar-refractivity contribution in [3.8, 4) is 11.5 Å². The molecule has 100 valence electrons. The lowest BCUT2D eigenvalue weighted by Gasteiger charge is -2.03. The van der Waals surface area contributed by atoms with Crippen molar-refractivity contribution < 1.29 is 19.4 Å². The van der Waals surface area contributed by atoms with Crippen LogP contribution in [0.5, 0.6) is 11.5 Å². The molecule has 0 radical (unpaired) electrons. The Morgan fingerprint density at radius 2 is 2.22 bits per heavy atom. The molecule has 1 aliphatic rings. The van der Waals surface area contributed by atoms with Crippen molar-refractivity contribution in [3.05, 3.63) is 23.8 Å². The van der Waals surface area contributed by atoms with Crippen LogP contribution < -0.4 is 4.74 Å². The van der Waals surface area contributed by atoms with E-state index in [1.165, 1.54) is 0 Å². The van der Waals surface area contributed by atoms with Crippen LogP contribution in [0.2, 0.25) is 0 Å². The molecule has 0 aromatic heterocycles. The van der Waals surface area contributed by atoms with Gasteiger partial charge in [0, 0.05) is 6.42 Å². The van der Waals surface area contributed by atoms with Crippen LogP contribution in [0.1, 0.15) is 32.3 Å². The zero-order valence-corrected chi connectivity index (χ0v) is 11.1. The number of ether oxygens (including phenoxy) is 2. The molecule has 0 spiro atoms. The van der Waals surface area contributed by atoms with E-state index in [1.807, 2.05) is 19.9 Å². The maximum Gasteiger partial charge on any atom is 0.306 e. The molecule has 1 heterocycles. The van der Waals surface area contributed by atoms with Crippen molar-refractivity contribution >= 4 is 5.97 Å². The monoisotopic (exact) mass is 252 g/mol. The molecule has 1 aromatic carbocycles. The van der Waals surface area contributed by atoms with Crippen molar-refractivity contribution in [2.45, 2.75) is 39.2 Å². The van der Waals surface area contributed by atoms with Gasteiger partial charge in [0.25, 0.3) is 0 Å². The van der Waals surface area contributed by atoms with E-state index in [0.717, 1.165) is 18.4 Å². The van der Waals surface area contributed by atoms with Gasteiger partial charge in [-0.15, -0.1) is 0 Å². The predicted octanol–water partition coefficient (Wildman–Crippen LogP) is 2.68.